The average Bonchev–Trinajstić information content (AvgIpc) is 2.81. The summed E-state index contributed by atoms with van der Waals surface area (Å²) >= 11 is 0. The molecule has 1 aliphatic rings. The molecule has 1 fully saturated rings. The molecule has 5 nitrogen and oxygen atoms in total. The number of hydrogen-bond acceptors (Lipinski definition) is 5. The van der Waals surface area contributed by atoms with Gasteiger partial charge in [0, 0.05) is 18.6 Å². The lowest BCUT2D eigenvalue weighted by Crippen LogP contribution is -2.16. The van der Waals surface area contributed by atoms with Crippen molar-refractivity contribution in [1.82, 2.24) is 9.97 Å². The van der Waals surface area contributed by atoms with Crippen LogP contribution in [0.3, 0.4) is 0 Å². The largest absolute Gasteiger partial charge is 0.481 e. The van der Waals surface area contributed by atoms with Gasteiger partial charge in [0.1, 0.15) is 12.0 Å². The van der Waals surface area contributed by atoms with Gasteiger partial charge >= 0.3 is 0 Å². The predicted molar refractivity (Wildman–Crippen MR) is 51.8 cm³/mol. The molecule has 0 radical (unpaired) electrons. The van der Waals surface area contributed by atoms with Crippen molar-refractivity contribution < 1.29 is 14.3 Å². The van der Waals surface area contributed by atoms with Crippen molar-refractivity contribution in [2.75, 3.05) is 20.3 Å². The van der Waals surface area contributed by atoms with Crippen molar-refractivity contribution in [2.24, 2.45) is 5.92 Å². The van der Waals surface area contributed by atoms with Crippen LogP contribution in [0.1, 0.15) is 16.9 Å². The molecule has 0 aliphatic carbocycles. The molecule has 1 unspecified atom stereocenters. The molecular formula is C10H12N2O3. The minimum absolute atomic E-state index is 0.00759. The summed E-state index contributed by atoms with van der Waals surface area (Å²) in [6.07, 6.45) is 2.10. The van der Waals surface area contributed by atoms with E-state index in [9.17, 15) is 4.79 Å². The zero-order valence-electron chi connectivity index (χ0n) is 8.47. The summed E-state index contributed by atoms with van der Waals surface area (Å²) in [6, 6.07) is 1.56. The summed E-state index contributed by atoms with van der Waals surface area (Å²) in [6.45, 7) is 1.14. The molecule has 0 aromatic carbocycles. The number of carbonyl (C=O) groups excluding carboxylic acids is 1. The van der Waals surface area contributed by atoms with Gasteiger partial charge in [-0.3, -0.25) is 4.79 Å². The lowest BCUT2D eigenvalue weighted by atomic mass is 10.0. The van der Waals surface area contributed by atoms with E-state index in [0.29, 0.717) is 24.8 Å². The molecule has 1 aromatic heterocycles. The monoisotopic (exact) mass is 208 g/mol. The standard InChI is InChI=1S/C10H12N2O3/c1-14-9-4-8(11-6-12-9)10(13)7-2-3-15-5-7/h4,6-7H,2-3,5H2,1H3. The maximum atomic E-state index is 11.9. The Hall–Kier alpha value is -1.49. The Kier molecular flexibility index (Phi) is 2.91. The lowest BCUT2D eigenvalue weighted by molar-refractivity contribution is 0.0894. The summed E-state index contributed by atoms with van der Waals surface area (Å²) in [4.78, 5) is 19.7. The van der Waals surface area contributed by atoms with Gasteiger partial charge in [0.15, 0.2) is 5.78 Å². The fourth-order valence-corrected chi connectivity index (χ4v) is 1.54. The molecule has 0 saturated carbocycles. The van der Waals surface area contributed by atoms with Crippen LogP contribution < -0.4 is 4.74 Å². The zero-order chi connectivity index (χ0) is 10.7. The van der Waals surface area contributed by atoms with E-state index in [4.69, 9.17) is 9.47 Å². The maximum absolute atomic E-state index is 11.9. The number of hydrogen-bond donors (Lipinski definition) is 0. The molecule has 0 amide bonds. The van der Waals surface area contributed by atoms with Crippen molar-refractivity contribution in [3.05, 3.63) is 18.1 Å². The highest BCUT2D eigenvalue weighted by Crippen LogP contribution is 2.18. The number of carbonyl (C=O) groups is 1. The van der Waals surface area contributed by atoms with Crippen LogP contribution in [-0.2, 0) is 4.74 Å². The fourth-order valence-electron chi connectivity index (χ4n) is 1.54. The number of aromatic nitrogens is 2. The van der Waals surface area contributed by atoms with E-state index in [1.807, 2.05) is 0 Å². The minimum Gasteiger partial charge on any atom is -0.481 e. The zero-order valence-corrected chi connectivity index (χ0v) is 8.47. The summed E-state index contributed by atoms with van der Waals surface area (Å²) < 4.78 is 10.1. The van der Waals surface area contributed by atoms with Crippen LogP contribution in [0.25, 0.3) is 0 Å². The third-order valence-corrected chi connectivity index (χ3v) is 2.40. The van der Waals surface area contributed by atoms with E-state index in [-0.39, 0.29) is 11.7 Å². The Labute approximate surface area is 87.4 Å². The fraction of sp³-hybridized carbons (Fsp3) is 0.500. The third kappa shape index (κ3) is 2.12. The first kappa shape index (κ1) is 10.0. The van der Waals surface area contributed by atoms with Crippen LogP contribution in [0.5, 0.6) is 5.88 Å². The van der Waals surface area contributed by atoms with Crippen LogP contribution in [0, 0.1) is 5.92 Å². The third-order valence-electron chi connectivity index (χ3n) is 2.40. The number of ketones is 1. The van der Waals surface area contributed by atoms with Crippen LogP contribution in [-0.4, -0.2) is 36.1 Å². The van der Waals surface area contributed by atoms with Gasteiger partial charge in [0.25, 0.3) is 0 Å². The van der Waals surface area contributed by atoms with Gasteiger partial charge in [0.2, 0.25) is 5.88 Å². The van der Waals surface area contributed by atoms with Crippen LogP contribution in [0.15, 0.2) is 12.4 Å². The van der Waals surface area contributed by atoms with E-state index in [0.717, 1.165) is 6.42 Å². The van der Waals surface area contributed by atoms with Crippen molar-refractivity contribution in [3.63, 3.8) is 0 Å². The first-order valence-electron chi connectivity index (χ1n) is 4.79. The van der Waals surface area contributed by atoms with Gasteiger partial charge in [-0.2, -0.15) is 0 Å². The number of nitrogens with zero attached hydrogens (tertiary/aromatic N) is 2. The van der Waals surface area contributed by atoms with Gasteiger partial charge in [-0.25, -0.2) is 9.97 Å². The minimum atomic E-state index is -0.0652. The van der Waals surface area contributed by atoms with Crippen molar-refractivity contribution >= 4 is 5.78 Å². The second kappa shape index (κ2) is 4.35. The summed E-state index contributed by atoms with van der Waals surface area (Å²) in [5.41, 5.74) is 0.400. The van der Waals surface area contributed by atoms with Crippen LogP contribution >= 0.6 is 0 Å². The average molecular weight is 208 g/mol. The van der Waals surface area contributed by atoms with Gasteiger partial charge in [-0.15, -0.1) is 0 Å². The molecule has 0 spiro atoms. The summed E-state index contributed by atoms with van der Waals surface area (Å²) in [5.74, 6) is 0.352. The Morgan fingerprint density at radius 2 is 2.47 bits per heavy atom. The second-order valence-electron chi connectivity index (χ2n) is 3.37. The Bertz CT molecular complexity index is 361. The number of ether oxygens (including phenoxy) is 2. The quantitative estimate of drug-likeness (QED) is 0.684. The van der Waals surface area contributed by atoms with Crippen LogP contribution in [0.4, 0.5) is 0 Å². The normalized spacial score (nSPS) is 20.2. The van der Waals surface area contributed by atoms with E-state index in [2.05, 4.69) is 9.97 Å². The first-order valence-corrected chi connectivity index (χ1v) is 4.79. The topological polar surface area (TPSA) is 61.3 Å². The van der Waals surface area contributed by atoms with E-state index < -0.39 is 0 Å². The van der Waals surface area contributed by atoms with Crippen LogP contribution in [0.2, 0.25) is 0 Å². The lowest BCUT2D eigenvalue weighted by Gasteiger charge is -2.05. The molecule has 15 heavy (non-hydrogen) atoms. The molecule has 5 heteroatoms. The predicted octanol–water partition coefficient (Wildman–Crippen LogP) is 0.704. The van der Waals surface area contributed by atoms with Gasteiger partial charge in [0.05, 0.1) is 13.7 Å². The highest BCUT2D eigenvalue weighted by Gasteiger charge is 2.25. The Morgan fingerprint density at radius 3 is 3.13 bits per heavy atom. The van der Waals surface area contributed by atoms with Crippen molar-refractivity contribution in [2.45, 2.75) is 6.42 Å². The van der Waals surface area contributed by atoms with Crippen molar-refractivity contribution in [1.29, 1.82) is 0 Å². The van der Waals surface area contributed by atoms with E-state index >= 15 is 0 Å². The first-order chi connectivity index (χ1) is 7.31. The summed E-state index contributed by atoms with van der Waals surface area (Å²) in [5, 5.41) is 0. The number of Topliss-reactive ketones (excluding diaryl/α,β-unsaturated/α-hetero) is 1. The van der Waals surface area contributed by atoms with Gasteiger partial charge in [-0.1, -0.05) is 0 Å². The molecule has 0 N–H and O–H groups in total. The molecule has 80 valence electrons. The van der Waals surface area contributed by atoms with Gasteiger partial charge in [-0.05, 0) is 6.42 Å². The highest BCUT2D eigenvalue weighted by atomic mass is 16.5. The highest BCUT2D eigenvalue weighted by molar-refractivity contribution is 5.96. The number of rotatable bonds is 3. The second-order valence-corrected chi connectivity index (χ2v) is 3.37. The van der Waals surface area contributed by atoms with E-state index in [1.165, 1.54) is 13.4 Å². The molecular weight excluding hydrogens is 196 g/mol. The molecule has 1 aromatic rings. The summed E-state index contributed by atoms with van der Waals surface area (Å²) in [7, 11) is 1.51. The molecule has 1 atom stereocenters. The Morgan fingerprint density at radius 1 is 1.60 bits per heavy atom. The molecule has 1 saturated heterocycles. The van der Waals surface area contributed by atoms with Gasteiger partial charge < -0.3 is 9.47 Å². The molecule has 2 heterocycles. The van der Waals surface area contributed by atoms with E-state index in [1.54, 1.807) is 6.07 Å². The maximum Gasteiger partial charge on any atom is 0.216 e. The number of methoxy groups -OCH3 is 1. The molecule has 1 aliphatic heterocycles. The Balaban J connectivity index is 2.17. The van der Waals surface area contributed by atoms with Crippen molar-refractivity contribution in [3.8, 4) is 5.88 Å². The SMILES string of the molecule is COc1cc(C(=O)C2CCOC2)ncn1. The smallest absolute Gasteiger partial charge is 0.216 e. The molecule has 2 rings (SSSR count). The molecule has 0 bridgehead atoms.